The van der Waals surface area contributed by atoms with Crippen molar-refractivity contribution >= 4 is 5.91 Å². The van der Waals surface area contributed by atoms with Crippen molar-refractivity contribution in [2.75, 3.05) is 0 Å². The van der Waals surface area contributed by atoms with Crippen molar-refractivity contribution in [2.24, 2.45) is 17.8 Å². The molecular weight excluding hydrogens is 224 g/mol. The van der Waals surface area contributed by atoms with Crippen LogP contribution in [0.25, 0.3) is 0 Å². The van der Waals surface area contributed by atoms with Gasteiger partial charge in [-0.2, -0.15) is 0 Å². The van der Waals surface area contributed by atoms with Gasteiger partial charge >= 0.3 is 0 Å². The van der Waals surface area contributed by atoms with Gasteiger partial charge in [0.1, 0.15) is 0 Å². The van der Waals surface area contributed by atoms with Crippen LogP contribution in [0.15, 0.2) is 0 Å². The van der Waals surface area contributed by atoms with Crippen molar-refractivity contribution in [1.29, 1.82) is 0 Å². The van der Waals surface area contributed by atoms with Crippen molar-refractivity contribution < 1.29 is 4.79 Å². The van der Waals surface area contributed by atoms with Crippen molar-refractivity contribution in [3.8, 4) is 0 Å². The van der Waals surface area contributed by atoms with E-state index in [0.717, 1.165) is 12.8 Å². The summed E-state index contributed by atoms with van der Waals surface area (Å²) < 4.78 is 0. The maximum absolute atomic E-state index is 12.1. The van der Waals surface area contributed by atoms with Gasteiger partial charge in [-0.3, -0.25) is 4.79 Å². The monoisotopic (exact) mass is 254 g/mol. The number of hydrogen-bond donors (Lipinski definition) is 2. The van der Waals surface area contributed by atoms with Crippen LogP contribution < -0.4 is 10.6 Å². The molecule has 1 aliphatic heterocycles. The number of carbonyl (C=O) groups excluding carboxylic acids is 1. The maximum Gasteiger partial charge on any atom is 0.237 e. The molecule has 0 aromatic heterocycles. The first-order valence-corrected chi connectivity index (χ1v) is 7.37. The Balaban J connectivity index is 2.72. The molecule has 1 fully saturated rings. The molecule has 1 aliphatic rings. The van der Waals surface area contributed by atoms with E-state index in [1.807, 2.05) is 0 Å². The predicted octanol–water partition coefficient (Wildman–Crippen LogP) is 2.56. The number of piperazine rings is 1. The van der Waals surface area contributed by atoms with Gasteiger partial charge in [0.15, 0.2) is 0 Å². The Kier molecular flexibility index (Phi) is 5.64. The maximum atomic E-state index is 12.1. The molecule has 0 aliphatic carbocycles. The Hall–Kier alpha value is -0.570. The molecule has 106 valence electrons. The van der Waals surface area contributed by atoms with E-state index in [0.29, 0.717) is 23.8 Å². The summed E-state index contributed by atoms with van der Waals surface area (Å²) >= 11 is 0. The zero-order valence-electron chi connectivity index (χ0n) is 12.8. The van der Waals surface area contributed by atoms with Crippen LogP contribution in [0.5, 0.6) is 0 Å². The summed E-state index contributed by atoms with van der Waals surface area (Å²) in [4.78, 5) is 12.1. The lowest BCUT2D eigenvalue weighted by Gasteiger charge is -2.41. The van der Waals surface area contributed by atoms with Gasteiger partial charge in [-0.25, -0.2) is 0 Å². The first kappa shape index (κ1) is 15.5. The Morgan fingerprint density at radius 3 is 2.00 bits per heavy atom. The standard InChI is InChI=1S/C15H30N2O/c1-9(2)7-12-14(11(5)6)17-15(18)13(16-12)8-10(3)4/h9-14,16H,7-8H2,1-6H3,(H,17,18)/t12-,13+,14-/m0/s1. The molecule has 0 saturated carbocycles. The zero-order chi connectivity index (χ0) is 13.9. The van der Waals surface area contributed by atoms with E-state index in [1.54, 1.807) is 0 Å². The Morgan fingerprint density at radius 1 is 1.00 bits per heavy atom. The molecule has 1 heterocycles. The molecule has 3 atom stereocenters. The Morgan fingerprint density at radius 2 is 1.56 bits per heavy atom. The molecule has 3 heteroatoms. The van der Waals surface area contributed by atoms with E-state index >= 15 is 0 Å². The van der Waals surface area contributed by atoms with Gasteiger partial charge in [-0.05, 0) is 30.6 Å². The molecule has 0 unspecified atom stereocenters. The first-order chi connectivity index (χ1) is 8.31. The van der Waals surface area contributed by atoms with Crippen LogP contribution in [0, 0.1) is 17.8 Å². The summed E-state index contributed by atoms with van der Waals surface area (Å²) in [5.41, 5.74) is 0. The normalized spacial score (nSPS) is 29.2. The average Bonchev–Trinajstić information content (AvgIpc) is 2.20. The number of amides is 1. The number of nitrogens with one attached hydrogen (secondary N) is 2. The van der Waals surface area contributed by atoms with Gasteiger partial charge in [0.05, 0.1) is 6.04 Å². The van der Waals surface area contributed by atoms with E-state index < -0.39 is 0 Å². The summed E-state index contributed by atoms with van der Waals surface area (Å²) in [5.74, 6) is 1.86. The van der Waals surface area contributed by atoms with E-state index in [4.69, 9.17) is 0 Å². The van der Waals surface area contributed by atoms with E-state index in [-0.39, 0.29) is 18.0 Å². The van der Waals surface area contributed by atoms with Crippen LogP contribution in [-0.4, -0.2) is 24.0 Å². The first-order valence-electron chi connectivity index (χ1n) is 7.37. The molecule has 1 amide bonds. The number of hydrogen-bond acceptors (Lipinski definition) is 2. The third kappa shape index (κ3) is 4.27. The highest BCUT2D eigenvalue weighted by molar-refractivity contribution is 5.83. The highest BCUT2D eigenvalue weighted by Crippen LogP contribution is 2.20. The van der Waals surface area contributed by atoms with E-state index in [1.165, 1.54) is 0 Å². The second kappa shape index (κ2) is 6.55. The van der Waals surface area contributed by atoms with Gasteiger partial charge in [0.25, 0.3) is 0 Å². The fourth-order valence-corrected chi connectivity index (χ4v) is 2.80. The van der Waals surface area contributed by atoms with Gasteiger partial charge in [0, 0.05) is 12.1 Å². The lowest BCUT2D eigenvalue weighted by atomic mass is 9.86. The van der Waals surface area contributed by atoms with Gasteiger partial charge in [-0.1, -0.05) is 41.5 Å². The molecule has 1 saturated heterocycles. The summed E-state index contributed by atoms with van der Waals surface area (Å²) in [5, 5.41) is 6.81. The Labute approximate surface area is 112 Å². The van der Waals surface area contributed by atoms with E-state index in [2.05, 4.69) is 52.2 Å². The van der Waals surface area contributed by atoms with Crippen LogP contribution in [0.4, 0.5) is 0 Å². The van der Waals surface area contributed by atoms with Crippen LogP contribution in [0.3, 0.4) is 0 Å². The average molecular weight is 254 g/mol. The second-order valence-corrected chi connectivity index (χ2v) is 6.86. The number of carbonyl (C=O) groups is 1. The fourth-order valence-electron chi connectivity index (χ4n) is 2.80. The quantitative estimate of drug-likeness (QED) is 0.791. The minimum absolute atomic E-state index is 0.0104. The second-order valence-electron chi connectivity index (χ2n) is 6.86. The van der Waals surface area contributed by atoms with Crippen molar-refractivity contribution in [1.82, 2.24) is 10.6 Å². The van der Waals surface area contributed by atoms with Crippen molar-refractivity contribution in [3.63, 3.8) is 0 Å². The minimum atomic E-state index is -0.0104. The molecule has 0 bridgehead atoms. The van der Waals surface area contributed by atoms with Gasteiger partial charge < -0.3 is 10.6 Å². The lowest BCUT2D eigenvalue weighted by molar-refractivity contribution is -0.127. The minimum Gasteiger partial charge on any atom is -0.350 e. The summed E-state index contributed by atoms with van der Waals surface area (Å²) in [6.45, 7) is 13.2. The molecular formula is C15H30N2O. The van der Waals surface area contributed by atoms with Crippen LogP contribution >= 0.6 is 0 Å². The predicted molar refractivity (Wildman–Crippen MR) is 76.4 cm³/mol. The Bertz CT molecular complexity index is 274. The summed E-state index contributed by atoms with van der Waals surface area (Å²) in [6, 6.07) is 0.665. The zero-order valence-corrected chi connectivity index (χ0v) is 12.8. The SMILES string of the molecule is CC(C)C[C@@H]1N[C@H](CC(C)C)C(=O)N[C@H]1C(C)C. The largest absolute Gasteiger partial charge is 0.350 e. The molecule has 0 radical (unpaired) electrons. The molecule has 3 nitrogen and oxygen atoms in total. The van der Waals surface area contributed by atoms with Crippen LogP contribution in [0.1, 0.15) is 54.4 Å². The van der Waals surface area contributed by atoms with Gasteiger partial charge in [-0.15, -0.1) is 0 Å². The highest BCUT2D eigenvalue weighted by atomic mass is 16.2. The fraction of sp³-hybridized carbons (Fsp3) is 0.933. The van der Waals surface area contributed by atoms with E-state index in [9.17, 15) is 4.79 Å². The van der Waals surface area contributed by atoms with Crippen molar-refractivity contribution in [2.45, 2.75) is 72.5 Å². The lowest BCUT2D eigenvalue weighted by Crippen LogP contribution is -2.65. The summed E-state index contributed by atoms with van der Waals surface area (Å²) in [6.07, 6.45) is 2.04. The number of rotatable bonds is 5. The molecule has 0 aromatic rings. The molecule has 18 heavy (non-hydrogen) atoms. The molecule has 0 spiro atoms. The summed E-state index contributed by atoms with van der Waals surface area (Å²) in [7, 11) is 0. The highest BCUT2D eigenvalue weighted by Gasteiger charge is 2.36. The van der Waals surface area contributed by atoms with Crippen LogP contribution in [0.2, 0.25) is 0 Å². The third-order valence-corrected chi connectivity index (χ3v) is 3.62. The smallest absolute Gasteiger partial charge is 0.237 e. The topological polar surface area (TPSA) is 41.1 Å². The van der Waals surface area contributed by atoms with Gasteiger partial charge in [0.2, 0.25) is 5.91 Å². The molecule has 0 aromatic carbocycles. The van der Waals surface area contributed by atoms with Crippen molar-refractivity contribution in [3.05, 3.63) is 0 Å². The molecule has 1 rings (SSSR count). The third-order valence-electron chi connectivity index (χ3n) is 3.62. The van der Waals surface area contributed by atoms with Crippen LogP contribution in [-0.2, 0) is 4.79 Å². The molecule has 2 N–H and O–H groups in total.